The van der Waals surface area contributed by atoms with Crippen LogP contribution >= 0.6 is 24.0 Å². The van der Waals surface area contributed by atoms with Gasteiger partial charge in [-0.05, 0) is 43.4 Å². The Kier molecular flexibility index (Phi) is 4.04. The Morgan fingerprint density at radius 2 is 2.00 bits per heavy atom. The molecule has 0 N–H and O–H groups in total. The zero-order valence-corrected chi connectivity index (χ0v) is 10.9. The molecular weight excluding hydrogens is 248 g/mol. The molecule has 0 aliphatic carbocycles. The normalized spacial score (nSPS) is 9.71. The summed E-state index contributed by atoms with van der Waals surface area (Å²) in [5.74, 6) is 0. The van der Waals surface area contributed by atoms with Crippen molar-refractivity contribution in [1.29, 1.82) is 0 Å². The number of nitrogens with zero attached hydrogens (tertiary/aromatic N) is 2. The standard InChI is InChI=1S/C13H10N2S2/c1-10-4-6-11(7-5-10)17-13-12(15-9-16)3-2-8-14-13/h2-8H,1H3. The third-order valence-corrected chi connectivity index (χ3v) is 3.26. The summed E-state index contributed by atoms with van der Waals surface area (Å²) in [6, 6.07) is 12.0. The van der Waals surface area contributed by atoms with Gasteiger partial charge in [-0.1, -0.05) is 29.5 Å². The van der Waals surface area contributed by atoms with Gasteiger partial charge >= 0.3 is 0 Å². The van der Waals surface area contributed by atoms with Crippen LogP contribution in [0.2, 0.25) is 0 Å². The average Bonchev–Trinajstić information content (AvgIpc) is 2.35. The zero-order chi connectivity index (χ0) is 12.1. The van der Waals surface area contributed by atoms with E-state index in [1.54, 1.807) is 18.0 Å². The number of thiocarbonyl (C=S) groups is 1. The predicted octanol–water partition coefficient (Wildman–Crippen LogP) is 4.28. The number of aromatic nitrogens is 1. The van der Waals surface area contributed by atoms with Gasteiger partial charge in [0.2, 0.25) is 0 Å². The SMILES string of the molecule is Cc1ccc(Sc2ncccc2N=C=S)cc1. The molecule has 2 rings (SSSR count). The first-order valence-electron chi connectivity index (χ1n) is 5.07. The second-order valence-corrected chi connectivity index (χ2v) is 4.69. The highest BCUT2D eigenvalue weighted by atomic mass is 32.2. The molecule has 1 heterocycles. The van der Waals surface area contributed by atoms with Gasteiger partial charge in [-0.25, -0.2) is 4.98 Å². The van der Waals surface area contributed by atoms with Crippen LogP contribution in [-0.2, 0) is 0 Å². The fraction of sp³-hybridized carbons (Fsp3) is 0.0769. The van der Waals surface area contributed by atoms with Gasteiger partial charge in [0.05, 0.1) is 5.16 Å². The van der Waals surface area contributed by atoms with Gasteiger partial charge in [-0.3, -0.25) is 0 Å². The van der Waals surface area contributed by atoms with E-state index in [9.17, 15) is 0 Å². The van der Waals surface area contributed by atoms with Crippen molar-refractivity contribution in [3.8, 4) is 0 Å². The van der Waals surface area contributed by atoms with Crippen LogP contribution in [0.1, 0.15) is 5.56 Å². The summed E-state index contributed by atoms with van der Waals surface area (Å²) in [7, 11) is 0. The van der Waals surface area contributed by atoms with E-state index in [4.69, 9.17) is 0 Å². The third kappa shape index (κ3) is 3.24. The van der Waals surface area contributed by atoms with Crippen molar-refractivity contribution >= 4 is 34.8 Å². The van der Waals surface area contributed by atoms with Crippen LogP contribution in [0.4, 0.5) is 5.69 Å². The highest BCUT2D eigenvalue weighted by Crippen LogP contribution is 2.32. The first-order chi connectivity index (χ1) is 8.29. The molecule has 0 unspecified atom stereocenters. The van der Waals surface area contributed by atoms with Gasteiger partial charge < -0.3 is 0 Å². The molecule has 0 atom stereocenters. The largest absolute Gasteiger partial charge is 0.247 e. The molecule has 84 valence electrons. The quantitative estimate of drug-likeness (QED) is 0.607. The van der Waals surface area contributed by atoms with E-state index < -0.39 is 0 Å². The number of isothiocyanates is 1. The molecule has 0 saturated carbocycles. The second-order valence-electron chi connectivity index (χ2n) is 3.45. The predicted molar refractivity (Wildman–Crippen MR) is 74.2 cm³/mol. The molecule has 0 radical (unpaired) electrons. The van der Waals surface area contributed by atoms with Crippen LogP contribution in [0.15, 0.2) is 57.5 Å². The number of benzene rings is 1. The Bertz CT molecular complexity index is 558. The van der Waals surface area contributed by atoms with Crippen molar-refractivity contribution < 1.29 is 0 Å². The number of pyridine rings is 1. The smallest absolute Gasteiger partial charge is 0.127 e. The van der Waals surface area contributed by atoms with E-state index in [0.717, 1.165) is 15.6 Å². The summed E-state index contributed by atoms with van der Waals surface area (Å²) < 4.78 is 0. The van der Waals surface area contributed by atoms with Crippen molar-refractivity contribution in [1.82, 2.24) is 4.98 Å². The van der Waals surface area contributed by atoms with Crippen LogP contribution in [0.25, 0.3) is 0 Å². The summed E-state index contributed by atoms with van der Waals surface area (Å²) in [5.41, 5.74) is 2.00. The molecule has 1 aromatic carbocycles. The highest BCUT2D eigenvalue weighted by molar-refractivity contribution is 7.99. The molecule has 0 spiro atoms. The van der Waals surface area contributed by atoms with E-state index in [0.29, 0.717) is 0 Å². The molecule has 2 aromatic rings. The lowest BCUT2D eigenvalue weighted by Gasteiger charge is -2.03. The van der Waals surface area contributed by atoms with E-state index in [1.807, 2.05) is 12.1 Å². The second kappa shape index (κ2) is 5.73. The van der Waals surface area contributed by atoms with Crippen molar-refractivity contribution in [2.24, 2.45) is 4.99 Å². The molecule has 17 heavy (non-hydrogen) atoms. The molecule has 0 fully saturated rings. The number of aliphatic imine (C=N–C) groups is 1. The summed E-state index contributed by atoms with van der Waals surface area (Å²) in [6.07, 6.45) is 1.75. The number of rotatable bonds is 3. The molecule has 4 heteroatoms. The lowest BCUT2D eigenvalue weighted by Crippen LogP contribution is -1.80. The number of aryl methyl sites for hydroxylation is 1. The summed E-state index contributed by atoms with van der Waals surface area (Å²) >= 11 is 6.19. The van der Waals surface area contributed by atoms with Crippen LogP contribution in [-0.4, -0.2) is 10.1 Å². The molecule has 2 nitrogen and oxygen atoms in total. The van der Waals surface area contributed by atoms with Crippen LogP contribution in [0.3, 0.4) is 0 Å². The minimum absolute atomic E-state index is 0.757. The maximum Gasteiger partial charge on any atom is 0.127 e. The maximum absolute atomic E-state index is 4.62. The topological polar surface area (TPSA) is 25.2 Å². The van der Waals surface area contributed by atoms with E-state index in [-0.39, 0.29) is 0 Å². The number of hydrogen-bond donors (Lipinski definition) is 0. The molecule has 0 saturated heterocycles. The first-order valence-corrected chi connectivity index (χ1v) is 6.29. The highest BCUT2D eigenvalue weighted by Gasteiger charge is 2.04. The van der Waals surface area contributed by atoms with Gasteiger partial charge in [-0.2, -0.15) is 4.99 Å². The Balaban J connectivity index is 2.29. The Labute approximate surface area is 110 Å². The summed E-state index contributed by atoms with van der Waals surface area (Å²) in [4.78, 5) is 9.43. The van der Waals surface area contributed by atoms with Crippen LogP contribution in [0.5, 0.6) is 0 Å². The van der Waals surface area contributed by atoms with Crippen molar-refractivity contribution in [2.75, 3.05) is 0 Å². The van der Waals surface area contributed by atoms with Gasteiger partial charge in [0, 0.05) is 11.1 Å². The van der Waals surface area contributed by atoms with Crippen LogP contribution in [0, 0.1) is 6.92 Å². The fourth-order valence-electron chi connectivity index (χ4n) is 1.31. The molecular formula is C13H10N2S2. The Morgan fingerprint density at radius 1 is 1.24 bits per heavy atom. The van der Waals surface area contributed by atoms with E-state index in [2.05, 4.69) is 58.5 Å². The van der Waals surface area contributed by atoms with Crippen molar-refractivity contribution in [2.45, 2.75) is 16.8 Å². The number of hydrogen-bond acceptors (Lipinski definition) is 4. The lowest BCUT2D eigenvalue weighted by atomic mass is 10.2. The first kappa shape index (κ1) is 12.0. The molecule has 0 aliphatic heterocycles. The van der Waals surface area contributed by atoms with E-state index >= 15 is 0 Å². The monoisotopic (exact) mass is 258 g/mol. The minimum Gasteiger partial charge on any atom is -0.247 e. The van der Waals surface area contributed by atoms with Gasteiger partial charge in [0.15, 0.2) is 0 Å². The van der Waals surface area contributed by atoms with E-state index in [1.165, 1.54) is 5.56 Å². The Hall–Kier alpha value is -1.48. The third-order valence-electron chi connectivity index (χ3n) is 2.15. The fourth-order valence-corrected chi connectivity index (χ4v) is 2.24. The van der Waals surface area contributed by atoms with Crippen molar-refractivity contribution in [3.63, 3.8) is 0 Å². The average molecular weight is 258 g/mol. The lowest BCUT2D eigenvalue weighted by molar-refractivity contribution is 1.12. The molecule has 1 aromatic heterocycles. The van der Waals surface area contributed by atoms with Gasteiger partial charge in [0.1, 0.15) is 10.7 Å². The van der Waals surface area contributed by atoms with Gasteiger partial charge in [-0.15, -0.1) is 0 Å². The molecule has 0 amide bonds. The summed E-state index contributed by atoms with van der Waals surface area (Å²) in [5, 5.41) is 3.22. The molecule has 0 bridgehead atoms. The zero-order valence-electron chi connectivity index (χ0n) is 9.25. The van der Waals surface area contributed by atoms with Crippen molar-refractivity contribution in [3.05, 3.63) is 48.2 Å². The Morgan fingerprint density at radius 3 is 2.71 bits per heavy atom. The summed E-state index contributed by atoms with van der Waals surface area (Å²) in [6.45, 7) is 2.07. The maximum atomic E-state index is 4.62. The van der Waals surface area contributed by atoms with Crippen LogP contribution < -0.4 is 0 Å². The molecule has 0 aliphatic rings. The van der Waals surface area contributed by atoms with Gasteiger partial charge in [0.25, 0.3) is 0 Å². The minimum atomic E-state index is 0.757.